The Morgan fingerprint density at radius 1 is 1.29 bits per heavy atom. The van der Waals surface area contributed by atoms with Gasteiger partial charge in [-0.05, 0) is 31.5 Å². The van der Waals surface area contributed by atoms with Gasteiger partial charge in [-0.25, -0.2) is 9.78 Å². The molecule has 0 saturated heterocycles. The van der Waals surface area contributed by atoms with Crippen LogP contribution in [0.4, 0.5) is 0 Å². The predicted octanol–water partition coefficient (Wildman–Crippen LogP) is 2.51. The van der Waals surface area contributed by atoms with Gasteiger partial charge in [0.1, 0.15) is 17.4 Å². The molecule has 11 heteroatoms. The van der Waals surface area contributed by atoms with E-state index < -0.39 is 11.9 Å². The fraction of sp³-hybridized carbons (Fsp3) is 0.304. The number of H-pyrrole nitrogens is 1. The lowest BCUT2D eigenvalue weighted by molar-refractivity contribution is -0.139. The van der Waals surface area contributed by atoms with E-state index in [1.54, 1.807) is 32.0 Å². The number of nitrogens with two attached hydrogens (primary N) is 1. The van der Waals surface area contributed by atoms with Gasteiger partial charge in [0.05, 0.1) is 38.1 Å². The molecule has 1 atom stereocenters. The molecule has 1 aromatic carbocycles. The summed E-state index contributed by atoms with van der Waals surface area (Å²) in [6.07, 6.45) is 0. The summed E-state index contributed by atoms with van der Waals surface area (Å²) in [5, 5.41) is 10.2. The van der Waals surface area contributed by atoms with E-state index >= 15 is 0 Å². The molecule has 1 aliphatic rings. The van der Waals surface area contributed by atoms with E-state index in [-0.39, 0.29) is 40.7 Å². The van der Waals surface area contributed by atoms with Gasteiger partial charge < -0.3 is 29.7 Å². The van der Waals surface area contributed by atoms with E-state index in [1.807, 2.05) is 0 Å². The van der Waals surface area contributed by atoms with E-state index in [0.717, 1.165) is 11.8 Å². The fourth-order valence-corrected chi connectivity index (χ4v) is 4.34. The third-order valence-electron chi connectivity index (χ3n) is 4.92. The van der Waals surface area contributed by atoms with Crippen molar-refractivity contribution in [3.63, 3.8) is 0 Å². The highest BCUT2D eigenvalue weighted by atomic mass is 32.2. The van der Waals surface area contributed by atoms with Crippen molar-refractivity contribution in [2.45, 2.75) is 24.9 Å². The first-order valence-electron chi connectivity index (χ1n) is 10.2. The van der Waals surface area contributed by atoms with Crippen LogP contribution in [-0.4, -0.2) is 42.5 Å². The zero-order valence-corrected chi connectivity index (χ0v) is 19.9. The number of esters is 1. The van der Waals surface area contributed by atoms with E-state index in [2.05, 4.69) is 16.0 Å². The number of allylic oxidation sites excluding steroid dienone is 1. The first kappa shape index (κ1) is 24.7. The van der Waals surface area contributed by atoms with E-state index in [0.29, 0.717) is 27.9 Å². The summed E-state index contributed by atoms with van der Waals surface area (Å²) >= 11 is 1.15. The summed E-state index contributed by atoms with van der Waals surface area (Å²) in [4.78, 5) is 31.8. The predicted molar refractivity (Wildman–Crippen MR) is 124 cm³/mol. The second kappa shape index (κ2) is 10.8. The Morgan fingerprint density at radius 3 is 2.65 bits per heavy atom. The zero-order valence-electron chi connectivity index (χ0n) is 19.1. The van der Waals surface area contributed by atoms with Crippen LogP contribution in [0.1, 0.15) is 24.1 Å². The van der Waals surface area contributed by atoms with Gasteiger partial charge in [-0.3, -0.25) is 4.79 Å². The topological polar surface area (TPSA) is 150 Å². The minimum Gasteiger partial charge on any atom is -0.493 e. The van der Waals surface area contributed by atoms with Crippen LogP contribution < -0.4 is 20.8 Å². The first-order valence-corrected chi connectivity index (χ1v) is 11.2. The minimum absolute atomic E-state index is 0.0612. The Morgan fingerprint density at radius 2 is 2.03 bits per heavy atom. The van der Waals surface area contributed by atoms with Gasteiger partial charge in [-0.2, -0.15) is 5.26 Å². The molecule has 2 aromatic rings. The number of benzene rings is 1. The first-order chi connectivity index (χ1) is 16.3. The largest absolute Gasteiger partial charge is 0.493 e. The summed E-state index contributed by atoms with van der Waals surface area (Å²) in [5.41, 5.74) is 7.10. The summed E-state index contributed by atoms with van der Waals surface area (Å²) in [7, 11) is 2.99. The minimum atomic E-state index is -0.863. The average molecular weight is 485 g/mol. The van der Waals surface area contributed by atoms with Gasteiger partial charge in [0.15, 0.2) is 16.7 Å². The van der Waals surface area contributed by atoms with Crippen LogP contribution in [0.2, 0.25) is 0 Å². The summed E-state index contributed by atoms with van der Waals surface area (Å²) in [6, 6.07) is 8.48. The van der Waals surface area contributed by atoms with Crippen molar-refractivity contribution >= 4 is 17.7 Å². The van der Waals surface area contributed by atoms with Crippen molar-refractivity contribution in [1.29, 1.82) is 5.26 Å². The Bertz CT molecular complexity index is 1260. The molecule has 2 heterocycles. The molecule has 0 amide bonds. The van der Waals surface area contributed by atoms with Crippen LogP contribution >= 0.6 is 11.8 Å². The molecule has 0 spiro atoms. The molecule has 10 nitrogen and oxygen atoms in total. The SMILES string of the molecule is CCOC(=O)C1=C(CSc2nc(C)cc(=O)[nH]2)OC(N)=C(C#N)[C@H]1c1ccc(OC)c(OC)c1. The number of aryl methyl sites for hydroxylation is 1. The molecule has 0 unspecified atom stereocenters. The van der Waals surface area contributed by atoms with Crippen LogP contribution in [0, 0.1) is 18.3 Å². The molecule has 0 radical (unpaired) electrons. The molecular formula is C23H24N4O6S. The highest BCUT2D eigenvalue weighted by Crippen LogP contribution is 2.43. The maximum Gasteiger partial charge on any atom is 0.338 e. The number of carbonyl (C=O) groups is 1. The third-order valence-corrected chi connectivity index (χ3v) is 5.79. The lowest BCUT2D eigenvalue weighted by Gasteiger charge is -2.28. The number of nitrogens with one attached hydrogen (secondary N) is 1. The molecule has 0 bridgehead atoms. The van der Waals surface area contributed by atoms with E-state index in [4.69, 9.17) is 24.7 Å². The number of methoxy groups -OCH3 is 2. The number of aromatic nitrogens is 2. The third kappa shape index (κ3) is 5.18. The van der Waals surface area contributed by atoms with Crippen molar-refractivity contribution in [2.24, 2.45) is 5.73 Å². The molecule has 1 aliphatic heterocycles. The van der Waals surface area contributed by atoms with Crippen molar-refractivity contribution in [3.8, 4) is 17.6 Å². The Labute approximate surface area is 200 Å². The molecule has 178 valence electrons. The number of hydrogen-bond donors (Lipinski definition) is 2. The Hall–Kier alpha value is -3.91. The Balaban J connectivity index is 2.13. The quantitative estimate of drug-likeness (QED) is 0.325. The van der Waals surface area contributed by atoms with E-state index in [9.17, 15) is 14.9 Å². The molecule has 3 rings (SSSR count). The van der Waals surface area contributed by atoms with E-state index in [1.165, 1.54) is 20.3 Å². The number of nitrogens with zero attached hydrogens (tertiary/aromatic N) is 2. The molecule has 0 aliphatic carbocycles. The van der Waals surface area contributed by atoms with Crippen LogP contribution in [0.3, 0.4) is 0 Å². The van der Waals surface area contributed by atoms with Crippen LogP contribution in [0.25, 0.3) is 0 Å². The molecule has 34 heavy (non-hydrogen) atoms. The van der Waals surface area contributed by atoms with Gasteiger partial charge in [0, 0.05) is 11.8 Å². The second-order valence-electron chi connectivity index (χ2n) is 7.08. The number of carbonyl (C=O) groups excluding carboxylic acids is 1. The second-order valence-corrected chi connectivity index (χ2v) is 8.04. The van der Waals surface area contributed by atoms with Gasteiger partial charge >= 0.3 is 5.97 Å². The van der Waals surface area contributed by atoms with Gasteiger partial charge in [-0.1, -0.05) is 17.8 Å². The number of aromatic amines is 1. The maximum absolute atomic E-state index is 13.1. The fourth-order valence-electron chi connectivity index (χ4n) is 3.48. The summed E-state index contributed by atoms with van der Waals surface area (Å²) in [6.45, 7) is 3.50. The number of rotatable bonds is 8. The Kier molecular flexibility index (Phi) is 7.86. The van der Waals surface area contributed by atoms with Gasteiger partial charge in [0.25, 0.3) is 5.56 Å². The number of nitriles is 1. The van der Waals surface area contributed by atoms with Crippen molar-refractivity contribution in [3.05, 3.63) is 68.7 Å². The molecule has 0 saturated carbocycles. The number of hydrogen-bond acceptors (Lipinski definition) is 10. The highest BCUT2D eigenvalue weighted by molar-refractivity contribution is 7.99. The molecular weight excluding hydrogens is 460 g/mol. The highest BCUT2D eigenvalue weighted by Gasteiger charge is 2.38. The smallest absolute Gasteiger partial charge is 0.338 e. The lowest BCUT2D eigenvalue weighted by Crippen LogP contribution is -2.27. The maximum atomic E-state index is 13.1. The summed E-state index contributed by atoms with van der Waals surface area (Å²) < 4.78 is 21.7. The number of thioether (sulfide) groups is 1. The standard InChI is InChI=1S/C23H24N4O6S/c1-5-32-22(29)20-17(11-34-23-26-12(2)8-18(28)27-23)33-21(25)14(10-24)19(20)13-6-7-15(30-3)16(9-13)31-4/h6-9,19H,5,11,25H2,1-4H3,(H,26,27,28)/t19-/m1/s1. The van der Waals surface area contributed by atoms with Gasteiger partial charge in [0.2, 0.25) is 5.88 Å². The van der Waals surface area contributed by atoms with Gasteiger partial charge in [-0.15, -0.1) is 0 Å². The number of ether oxygens (including phenoxy) is 4. The van der Waals surface area contributed by atoms with Crippen molar-refractivity contribution < 1.29 is 23.7 Å². The van der Waals surface area contributed by atoms with Crippen molar-refractivity contribution in [2.75, 3.05) is 26.6 Å². The lowest BCUT2D eigenvalue weighted by atomic mass is 9.83. The zero-order chi connectivity index (χ0) is 24.8. The monoisotopic (exact) mass is 484 g/mol. The van der Waals surface area contributed by atoms with Crippen LogP contribution in [0.15, 0.2) is 57.0 Å². The normalized spacial score (nSPS) is 15.4. The average Bonchev–Trinajstić information content (AvgIpc) is 2.81. The molecule has 0 fully saturated rings. The van der Waals surface area contributed by atoms with Crippen LogP contribution in [-0.2, 0) is 14.3 Å². The molecule has 3 N–H and O–H groups in total. The van der Waals surface area contributed by atoms with Crippen LogP contribution in [0.5, 0.6) is 11.5 Å². The van der Waals surface area contributed by atoms with Crippen molar-refractivity contribution in [1.82, 2.24) is 9.97 Å². The summed E-state index contributed by atoms with van der Waals surface area (Å²) in [5.74, 6) is -0.435. The molecule has 1 aromatic heterocycles.